The molecule has 0 bridgehead atoms. The van der Waals surface area contributed by atoms with Gasteiger partial charge in [0.05, 0.1) is 5.92 Å². The van der Waals surface area contributed by atoms with Crippen molar-refractivity contribution in [2.75, 3.05) is 19.8 Å². The first-order chi connectivity index (χ1) is 8.55. The molecule has 2 heterocycles. The number of ether oxygens (including phenoxy) is 1. The van der Waals surface area contributed by atoms with E-state index < -0.39 is 11.5 Å². The van der Waals surface area contributed by atoms with Crippen molar-refractivity contribution in [2.45, 2.75) is 37.8 Å². The summed E-state index contributed by atoms with van der Waals surface area (Å²) < 4.78 is 5.18. The molecule has 0 aromatic carbocycles. The lowest BCUT2D eigenvalue weighted by Gasteiger charge is -2.35. The van der Waals surface area contributed by atoms with Crippen LogP contribution >= 0.6 is 0 Å². The van der Waals surface area contributed by atoms with Crippen LogP contribution in [0.15, 0.2) is 0 Å². The number of rotatable bonds is 3. The summed E-state index contributed by atoms with van der Waals surface area (Å²) in [7, 11) is 0. The minimum atomic E-state index is -1.14. The molecule has 6 heteroatoms. The van der Waals surface area contributed by atoms with Gasteiger partial charge in [-0.2, -0.15) is 0 Å². The Hall–Kier alpha value is -1.14. The molecule has 2 unspecified atom stereocenters. The molecule has 6 nitrogen and oxygen atoms in total. The van der Waals surface area contributed by atoms with Gasteiger partial charge in [-0.3, -0.25) is 4.79 Å². The van der Waals surface area contributed by atoms with Crippen LogP contribution in [-0.2, 0) is 14.3 Å². The normalized spacial score (nSPS) is 30.9. The van der Waals surface area contributed by atoms with E-state index in [1.54, 1.807) is 0 Å². The number of amides is 1. The lowest BCUT2D eigenvalue weighted by Crippen LogP contribution is -2.59. The average molecular weight is 256 g/mol. The van der Waals surface area contributed by atoms with Crippen LogP contribution in [0.5, 0.6) is 0 Å². The zero-order valence-electron chi connectivity index (χ0n) is 10.6. The van der Waals surface area contributed by atoms with Crippen molar-refractivity contribution in [1.29, 1.82) is 0 Å². The van der Waals surface area contributed by atoms with Crippen LogP contribution in [0.3, 0.4) is 0 Å². The van der Waals surface area contributed by atoms with Crippen molar-refractivity contribution in [1.82, 2.24) is 10.6 Å². The van der Waals surface area contributed by atoms with Gasteiger partial charge in [0, 0.05) is 32.1 Å². The molecule has 3 N–H and O–H groups in total. The molecule has 1 amide bonds. The Balaban J connectivity index is 2.04. The minimum Gasteiger partial charge on any atom is -0.480 e. The molecule has 0 aromatic heterocycles. The van der Waals surface area contributed by atoms with Gasteiger partial charge in [0.2, 0.25) is 5.91 Å². The predicted molar refractivity (Wildman–Crippen MR) is 64.1 cm³/mol. The Labute approximate surface area is 106 Å². The highest BCUT2D eigenvalue weighted by Crippen LogP contribution is 2.23. The van der Waals surface area contributed by atoms with E-state index in [1.165, 1.54) is 0 Å². The number of hydrogen-bond donors (Lipinski definition) is 3. The Morgan fingerprint density at radius 2 is 2.06 bits per heavy atom. The fourth-order valence-electron chi connectivity index (χ4n) is 2.66. The number of carbonyl (C=O) groups is 2. The standard InChI is InChI=1S/C12H20N2O4/c1-8-9(2-5-13-8)10(15)14-12(11(16)17)3-6-18-7-4-12/h8-9,13H,2-7H2,1H3,(H,14,15)(H,16,17). The molecule has 2 fully saturated rings. The van der Waals surface area contributed by atoms with E-state index in [4.69, 9.17) is 4.74 Å². The Bertz CT molecular complexity index is 339. The second-order valence-electron chi connectivity index (χ2n) is 5.13. The summed E-state index contributed by atoms with van der Waals surface area (Å²) in [5.41, 5.74) is -1.14. The van der Waals surface area contributed by atoms with Crippen LogP contribution in [0.25, 0.3) is 0 Å². The van der Waals surface area contributed by atoms with E-state index in [2.05, 4.69) is 10.6 Å². The molecule has 0 saturated carbocycles. The zero-order chi connectivity index (χ0) is 13.2. The fourth-order valence-corrected chi connectivity index (χ4v) is 2.66. The third-order valence-corrected chi connectivity index (χ3v) is 3.98. The molecule has 0 radical (unpaired) electrons. The van der Waals surface area contributed by atoms with Gasteiger partial charge >= 0.3 is 5.97 Å². The molecule has 2 saturated heterocycles. The van der Waals surface area contributed by atoms with Gasteiger partial charge in [0.25, 0.3) is 0 Å². The smallest absolute Gasteiger partial charge is 0.329 e. The first-order valence-corrected chi connectivity index (χ1v) is 6.42. The number of carboxylic acids is 1. The second-order valence-corrected chi connectivity index (χ2v) is 5.13. The molecule has 0 spiro atoms. The fraction of sp³-hybridized carbons (Fsp3) is 0.833. The molecule has 2 atom stereocenters. The second kappa shape index (κ2) is 5.24. The van der Waals surface area contributed by atoms with Crippen molar-refractivity contribution in [3.05, 3.63) is 0 Å². The molecule has 2 aliphatic rings. The maximum absolute atomic E-state index is 12.2. The quantitative estimate of drug-likeness (QED) is 0.647. The van der Waals surface area contributed by atoms with Gasteiger partial charge < -0.3 is 20.5 Å². The summed E-state index contributed by atoms with van der Waals surface area (Å²) in [5.74, 6) is -1.25. The van der Waals surface area contributed by atoms with Crippen molar-refractivity contribution in [3.63, 3.8) is 0 Å². The van der Waals surface area contributed by atoms with Gasteiger partial charge in [-0.05, 0) is 19.9 Å². The molecular formula is C12H20N2O4. The molecule has 2 rings (SSSR count). The maximum atomic E-state index is 12.2. The predicted octanol–water partition coefficient (Wildman–Crippen LogP) is -0.266. The summed E-state index contributed by atoms with van der Waals surface area (Å²) >= 11 is 0. The molecular weight excluding hydrogens is 236 g/mol. The first kappa shape index (κ1) is 13.3. The van der Waals surface area contributed by atoms with Gasteiger partial charge in [-0.1, -0.05) is 0 Å². The van der Waals surface area contributed by atoms with Gasteiger partial charge in [-0.25, -0.2) is 4.79 Å². The molecule has 18 heavy (non-hydrogen) atoms. The number of carbonyl (C=O) groups excluding carboxylic acids is 1. The number of aliphatic carboxylic acids is 1. The van der Waals surface area contributed by atoms with Crippen molar-refractivity contribution in [3.8, 4) is 0 Å². The summed E-state index contributed by atoms with van der Waals surface area (Å²) in [4.78, 5) is 23.6. The van der Waals surface area contributed by atoms with Crippen LogP contribution in [0.1, 0.15) is 26.2 Å². The summed E-state index contributed by atoms with van der Waals surface area (Å²) in [5, 5.41) is 15.3. The van der Waals surface area contributed by atoms with Crippen molar-refractivity contribution >= 4 is 11.9 Å². The molecule has 0 aromatic rings. The van der Waals surface area contributed by atoms with E-state index in [-0.39, 0.29) is 17.9 Å². The molecule has 2 aliphatic heterocycles. The summed E-state index contributed by atoms with van der Waals surface area (Å²) in [6.07, 6.45) is 1.43. The number of nitrogens with one attached hydrogen (secondary N) is 2. The first-order valence-electron chi connectivity index (χ1n) is 6.42. The van der Waals surface area contributed by atoms with Crippen LogP contribution in [-0.4, -0.2) is 48.3 Å². The lowest BCUT2D eigenvalue weighted by molar-refractivity contribution is -0.152. The highest BCUT2D eigenvalue weighted by atomic mass is 16.5. The van der Waals surface area contributed by atoms with E-state index in [0.717, 1.165) is 13.0 Å². The Morgan fingerprint density at radius 1 is 1.39 bits per heavy atom. The largest absolute Gasteiger partial charge is 0.480 e. The highest BCUT2D eigenvalue weighted by molar-refractivity contribution is 5.88. The van der Waals surface area contributed by atoms with E-state index in [9.17, 15) is 14.7 Å². The van der Waals surface area contributed by atoms with Crippen molar-refractivity contribution in [2.24, 2.45) is 5.92 Å². The Kier molecular flexibility index (Phi) is 3.87. The van der Waals surface area contributed by atoms with Crippen LogP contribution in [0.2, 0.25) is 0 Å². The topological polar surface area (TPSA) is 87.7 Å². The van der Waals surface area contributed by atoms with E-state index in [1.807, 2.05) is 6.92 Å². The SMILES string of the molecule is CC1NCCC1C(=O)NC1(C(=O)O)CCOCC1. The van der Waals surface area contributed by atoms with Gasteiger partial charge in [0.1, 0.15) is 5.54 Å². The van der Waals surface area contributed by atoms with Crippen LogP contribution < -0.4 is 10.6 Å². The summed E-state index contributed by atoms with van der Waals surface area (Å²) in [6.45, 7) is 3.52. The number of hydrogen-bond acceptors (Lipinski definition) is 4. The van der Waals surface area contributed by atoms with Crippen LogP contribution in [0.4, 0.5) is 0 Å². The van der Waals surface area contributed by atoms with Crippen LogP contribution in [0, 0.1) is 5.92 Å². The molecule has 102 valence electrons. The molecule has 0 aliphatic carbocycles. The monoisotopic (exact) mass is 256 g/mol. The van der Waals surface area contributed by atoms with E-state index >= 15 is 0 Å². The van der Waals surface area contributed by atoms with Gasteiger partial charge in [0.15, 0.2) is 0 Å². The lowest BCUT2D eigenvalue weighted by atomic mass is 9.88. The zero-order valence-corrected chi connectivity index (χ0v) is 10.6. The minimum absolute atomic E-state index is 0.107. The third kappa shape index (κ3) is 2.49. The van der Waals surface area contributed by atoms with E-state index in [0.29, 0.717) is 26.1 Å². The highest BCUT2D eigenvalue weighted by Gasteiger charge is 2.43. The van der Waals surface area contributed by atoms with Gasteiger partial charge in [-0.15, -0.1) is 0 Å². The van der Waals surface area contributed by atoms with Crippen molar-refractivity contribution < 1.29 is 19.4 Å². The average Bonchev–Trinajstić information content (AvgIpc) is 2.76. The third-order valence-electron chi connectivity index (χ3n) is 3.98. The maximum Gasteiger partial charge on any atom is 0.329 e. The summed E-state index contributed by atoms with van der Waals surface area (Å²) in [6, 6.07) is 0.107. The Morgan fingerprint density at radius 3 is 2.56 bits per heavy atom. The number of carboxylic acid groups (broad SMARTS) is 1.